The summed E-state index contributed by atoms with van der Waals surface area (Å²) in [4.78, 5) is 32.7. The standard InChI is InChI=1S/C16H15N7O4S/c1-7-11-14-18-13(9(3)21-5-10(23(25)26)8(2)19-21)20-22(14)6-17-15(11)28-12(7)16(24)27-4/h5-6,9H,1-4H3. The molecule has 0 radical (unpaired) electrons. The Balaban J connectivity index is 1.84. The van der Waals surface area contributed by atoms with Gasteiger partial charge in [-0.25, -0.2) is 19.3 Å². The first-order chi connectivity index (χ1) is 13.3. The van der Waals surface area contributed by atoms with Crippen molar-refractivity contribution in [3.8, 4) is 0 Å². The van der Waals surface area contributed by atoms with E-state index in [-0.39, 0.29) is 5.69 Å². The molecule has 0 aromatic carbocycles. The minimum Gasteiger partial charge on any atom is -0.465 e. The maximum absolute atomic E-state index is 12.0. The van der Waals surface area contributed by atoms with Crippen molar-refractivity contribution in [1.29, 1.82) is 0 Å². The molecule has 0 spiro atoms. The lowest BCUT2D eigenvalue weighted by Crippen LogP contribution is -2.09. The highest BCUT2D eigenvalue weighted by atomic mass is 32.1. The minimum atomic E-state index is -0.473. The molecule has 0 bridgehead atoms. The fourth-order valence-electron chi connectivity index (χ4n) is 2.98. The third-order valence-corrected chi connectivity index (χ3v) is 5.69. The monoisotopic (exact) mass is 401 g/mol. The number of rotatable bonds is 4. The lowest BCUT2D eigenvalue weighted by Gasteiger charge is -2.06. The van der Waals surface area contributed by atoms with E-state index in [4.69, 9.17) is 4.74 Å². The summed E-state index contributed by atoms with van der Waals surface area (Å²) in [6.45, 7) is 5.19. The molecule has 0 aliphatic carbocycles. The molecule has 28 heavy (non-hydrogen) atoms. The van der Waals surface area contributed by atoms with Gasteiger partial charge in [-0.15, -0.1) is 16.4 Å². The van der Waals surface area contributed by atoms with Crippen LogP contribution in [-0.4, -0.2) is 47.4 Å². The van der Waals surface area contributed by atoms with E-state index < -0.39 is 16.9 Å². The Morgan fingerprint density at radius 3 is 2.75 bits per heavy atom. The molecule has 144 valence electrons. The molecule has 0 N–H and O–H groups in total. The number of nitrogens with zero attached hydrogens (tertiary/aromatic N) is 7. The number of carbonyl (C=O) groups excluding carboxylic acids is 1. The zero-order valence-corrected chi connectivity index (χ0v) is 16.2. The average molecular weight is 401 g/mol. The Morgan fingerprint density at radius 2 is 2.11 bits per heavy atom. The van der Waals surface area contributed by atoms with E-state index in [0.29, 0.717) is 26.9 Å². The minimum absolute atomic E-state index is 0.0592. The molecule has 4 aromatic heterocycles. The Labute approximate surface area is 161 Å². The zero-order chi connectivity index (χ0) is 20.2. The molecule has 4 rings (SSSR count). The van der Waals surface area contributed by atoms with E-state index in [1.165, 1.54) is 40.2 Å². The molecular formula is C16H15N7O4S. The van der Waals surface area contributed by atoms with E-state index in [1.54, 1.807) is 13.8 Å². The number of aromatic nitrogens is 6. The van der Waals surface area contributed by atoms with Crippen molar-refractivity contribution in [3.63, 3.8) is 0 Å². The molecule has 0 saturated carbocycles. The number of thiophene rings is 1. The van der Waals surface area contributed by atoms with E-state index in [0.717, 1.165) is 10.9 Å². The van der Waals surface area contributed by atoms with Crippen LogP contribution in [0.15, 0.2) is 12.5 Å². The molecule has 0 amide bonds. The summed E-state index contributed by atoms with van der Waals surface area (Å²) < 4.78 is 7.82. The predicted molar refractivity (Wildman–Crippen MR) is 99.7 cm³/mol. The molecule has 0 aliphatic rings. The number of fused-ring (bicyclic) bond motifs is 3. The van der Waals surface area contributed by atoms with Gasteiger partial charge in [0.1, 0.15) is 34.0 Å². The van der Waals surface area contributed by atoms with Gasteiger partial charge in [-0.2, -0.15) is 5.10 Å². The largest absolute Gasteiger partial charge is 0.465 e. The lowest BCUT2D eigenvalue weighted by atomic mass is 10.2. The summed E-state index contributed by atoms with van der Waals surface area (Å²) in [5.74, 6) is 0.00278. The fraction of sp³-hybridized carbons (Fsp3) is 0.312. The van der Waals surface area contributed by atoms with Crippen LogP contribution in [-0.2, 0) is 4.74 Å². The van der Waals surface area contributed by atoms with Gasteiger partial charge in [0.25, 0.3) is 0 Å². The Bertz CT molecular complexity index is 1260. The van der Waals surface area contributed by atoms with Crippen molar-refractivity contribution in [3.05, 3.63) is 44.6 Å². The summed E-state index contributed by atoms with van der Waals surface area (Å²) >= 11 is 1.23. The second-order valence-corrected chi connectivity index (χ2v) is 7.22. The highest BCUT2D eigenvalue weighted by Gasteiger charge is 2.24. The third-order valence-electron chi connectivity index (χ3n) is 4.51. The Morgan fingerprint density at radius 1 is 1.36 bits per heavy atom. The summed E-state index contributed by atoms with van der Waals surface area (Å²) in [7, 11) is 1.33. The molecule has 0 fully saturated rings. The zero-order valence-electron chi connectivity index (χ0n) is 15.4. The van der Waals surface area contributed by atoms with Crippen LogP contribution in [0, 0.1) is 24.0 Å². The van der Waals surface area contributed by atoms with Gasteiger partial charge in [0.05, 0.1) is 17.4 Å². The van der Waals surface area contributed by atoms with Gasteiger partial charge in [0, 0.05) is 0 Å². The molecular weight excluding hydrogens is 386 g/mol. The number of carbonyl (C=O) groups is 1. The number of methoxy groups -OCH3 is 1. The molecule has 0 aliphatic heterocycles. The van der Waals surface area contributed by atoms with Crippen LogP contribution in [0.25, 0.3) is 15.9 Å². The lowest BCUT2D eigenvalue weighted by molar-refractivity contribution is -0.385. The summed E-state index contributed by atoms with van der Waals surface area (Å²) in [5.41, 5.74) is 1.54. The maximum Gasteiger partial charge on any atom is 0.348 e. The number of esters is 1. The first-order valence-corrected chi connectivity index (χ1v) is 9.06. The highest BCUT2D eigenvalue weighted by molar-refractivity contribution is 7.20. The third kappa shape index (κ3) is 2.60. The molecule has 0 saturated heterocycles. The van der Waals surface area contributed by atoms with E-state index in [9.17, 15) is 14.9 Å². The first-order valence-electron chi connectivity index (χ1n) is 8.24. The van der Waals surface area contributed by atoms with E-state index in [1.807, 2.05) is 6.92 Å². The number of nitro groups is 1. The van der Waals surface area contributed by atoms with Crippen molar-refractivity contribution in [1.82, 2.24) is 29.4 Å². The first kappa shape index (κ1) is 18.0. The predicted octanol–water partition coefficient (Wildman–Crippen LogP) is 2.46. The maximum atomic E-state index is 12.0. The van der Waals surface area contributed by atoms with Gasteiger partial charge in [-0.3, -0.25) is 14.8 Å². The van der Waals surface area contributed by atoms with Gasteiger partial charge in [-0.1, -0.05) is 0 Å². The molecule has 1 atom stereocenters. The van der Waals surface area contributed by atoms with Crippen LogP contribution in [0.5, 0.6) is 0 Å². The van der Waals surface area contributed by atoms with Crippen molar-refractivity contribution >= 4 is 38.9 Å². The smallest absolute Gasteiger partial charge is 0.348 e. The SMILES string of the molecule is COC(=O)c1sc2ncn3nc(C(C)n4cc([N+](=O)[O-])c(C)n4)nc3c2c1C. The van der Waals surface area contributed by atoms with Crippen LogP contribution < -0.4 is 0 Å². The Hall–Kier alpha value is -3.41. The van der Waals surface area contributed by atoms with E-state index >= 15 is 0 Å². The molecule has 12 heteroatoms. The van der Waals surface area contributed by atoms with Crippen molar-refractivity contribution in [2.75, 3.05) is 7.11 Å². The van der Waals surface area contributed by atoms with E-state index in [2.05, 4.69) is 20.2 Å². The molecule has 4 aromatic rings. The number of aryl methyl sites for hydroxylation is 2. The van der Waals surface area contributed by atoms with Crippen molar-refractivity contribution < 1.29 is 14.5 Å². The number of hydrogen-bond acceptors (Lipinski definition) is 9. The highest BCUT2D eigenvalue weighted by Crippen LogP contribution is 2.32. The quantitative estimate of drug-likeness (QED) is 0.289. The average Bonchev–Trinajstić information content (AvgIpc) is 3.35. The van der Waals surface area contributed by atoms with Crippen molar-refractivity contribution in [2.45, 2.75) is 26.8 Å². The van der Waals surface area contributed by atoms with Gasteiger partial charge in [0.2, 0.25) is 0 Å². The molecule has 4 heterocycles. The second-order valence-electron chi connectivity index (χ2n) is 6.22. The molecule has 11 nitrogen and oxygen atoms in total. The van der Waals surface area contributed by atoms with Gasteiger partial charge >= 0.3 is 11.7 Å². The van der Waals surface area contributed by atoms with Crippen LogP contribution in [0.3, 0.4) is 0 Å². The Kier molecular flexibility index (Phi) is 4.07. The van der Waals surface area contributed by atoms with Crippen LogP contribution in [0.1, 0.15) is 39.7 Å². The van der Waals surface area contributed by atoms with Crippen LogP contribution >= 0.6 is 11.3 Å². The summed E-state index contributed by atoms with van der Waals surface area (Å²) in [6, 6.07) is -0.429. The fourth-order valence-corrected chi connectivity index (χ4v) is 4.04. The summed E-state index contributed by atoms with van der Waals surface area (Å²) in [5, 5.41) is 20.4. The topological polar surface area (TPSA) is 130 Å². The van der Waals surface area contributed by atoms with Crippen molar-refractivity contribution in [2.24, 2.45) is 0 Å². The normalized spacial score (nSPS) is 12.6. The van der Waals surface area contributed by atoms with Gasteiger partial charge in [0.15, 0.2) is 11.5 Å². The number of hydrogen-bond donors (Lipinski definition) is 0. The van der Waals surface area contributed by atoms with Crippen LogP contribution in [0.4, 0.5) is 5.69 Å². The number of ether oxygens (including phenoxy) is 1. The van der Waals surface area contributed by atoms with Crippen LogP contribution in [0.2, 0.25) is 0 Å². The second kappa shape index (κ2) is 6.34. The van der Waals surface area contributed by atoms with Gasteiger partial charge in [-0.05, 0) is 26.3 Å². The molecule has 1 unspecified atom stereocenters. The van der Waals surface area contributed by atoms with Gasteiger partial charge < -0.3 is 4.74 Å². The summed E-state index contributed by atoms with van der Waals surface area (Å²) in [6.07, 6.45) is 2.89.